The van der Waals surface area contributed by atoms with Crippen LogP contribution in [0.25, 0.3) is 0 Å². The first kappa shape index (κ1) is 13.5. The SMILES string of the molecule is Cc1cncn1CCCCN1C(=O)c2ccccc2C1=O. The number of aromatic nitrogens is 2. The molecule has 21 heavy (non-hydrogen) atoms. The highest BCUT2D eigenvalue weighted by molar-refractivity contribution is 6.21. The van der Waals surface area contributed by atoms with Crippen LogP contribution in [0.3, 0.4) is 0 Å². The lowest BCUT2D eigenvalue weighted by Gasteiger charge is -2.13. The molecule has 0 saturated carbocycles. The van der Waals surface area contributed by atoms with E-state index in [4.69, 9.17) is 0 Å². The smallest absolute Gasteiger partial charge is 0.261 e. The number of aryl methyl sites for hydroxylation is 2. The predicted octanol–water partition coefficient (Wildman–Crippen LogP) is 2.27. The molecule has 1 aliphatic heterocycles. The van der Waals surface area contributed by atoms with Crippen LogP contribution in [0, 0.1) is 6.92 Å². The van der Waals surface area contributed by atoms with Gasteiger partial charge in [0, 0.05) is 25.0 Å². The van der Waals surface area contributed by atoms with E-state index in [0.717, 1.165) is 25.1 Å². The Morgan fingerprint density at radius 1 is 1.00 bits per heavy atom. The normalized spacial score (nSPS) is 13.9. The summed E-state index contributed by atoms with van der Waals surface area (Å²) in [5.74, 6) is -0.344. The van der Waals surface area contributed by atoms with E-state index in [9.17, 15) is 9.59 Å². The first-order chi connectivity index (χ1) is 10.2. The van der Waals surface area contributed by atoms with Crippen molar-refractivity contribution in [2.75, 3.05) is 6.54 Å². The summed E-state index contributed by atoms with van der Waals surface area (Å²) in [7, 11) is 0. The first-order valence-electron chi connectivity index (χ1n) is 7.10. The maximum absolute atomic E-state index is 12.2. The maximum atomic E-state index is 12.2. The van der Waals surface area contributed by atoms with Crippen molar-refractivity contribution in [1.29, 1.82) is 0 Å². The molecule has 0 saturated heterocycles. The molecular formula is C16H17N3O2. The van der Waals surface area contributed by atoms with E-state index in [1.165, 1.54) is 4.90 Å². The van der Waals surface area contributed by atoms with Gasteiger partial charge in [0.05, 0.1) is 17.5 Å². The first-order valence-corrected chi connectivity index (χ1v) is 7.10. The molecule has 0 unspecified atom stereocenters. The van der Waals surface area contributed by atoms with Crippen molar-refractivity contribution in [2.45, 2.75) is 26.3 Å². The van der Waals surface area contributed by atoms with Crippen molar-refractivity contribution in [1.82, 2.24) is 14.5 Å². The number of unbranched alkanes of at least 4 members (excludes halogenated alkanes) is 1. The molecule has 3 rings (SSSR count). The van der Waals surface area contributed by atoms with Gasteiger partial charge in [0.25, 0.3) is 11.8 Å². The van der Waals surface area contributed by atoms with Crippen LogP contribution < -0.4 is 0 Å². The quantitative estimate of drug-likeness (QED) is 0.625. The number of rotatable bonds is 5. The maximum Gasteiger partial charge on any atom is 0.261 e. The lowest BCUT2D eigenvalue weighted by molar-refractivity contribution is 0.0651. The minimum atomic E-state index is -0.172. The van der Waals surface area contributed by atoms with Crippen molar-refractivity contribution >= 4 is 11.8 Å². The number of imidazole rings is 1. The van der Waals surface area contributed by atoms with Crippen LogP contribution in [0.4, 0.5) is 0 Å². The van der Waals surface area contributed by atoms with Gasteiger partial charge >= 0.3 is 0 Å². The van der Waals surface area contributed by atoms with Crippen LogP contribution in [0.2, 0.25) is 0 Å². The van der Waals surface area contributed by atoms with Gasteiger partial charge in [-0.25, -0.2) is 4.98 Å². The molecule has 1 aromatic carbocycles. The Hall–Kier alpha value is -2.43. The highest BCUT2D eigenvalue weighted by Gasteiger charge is 2.34. The van der Waals surface area contributed by atoms with Crippen molar-refractivity contribution in [3.8, 4) is 0 Å². The second-order valence-electron chi connectivity index (χ2n) is 5.24. The summed E-state index contributed by atoms with van der Waals surface area (Å²) < 4.78 is 2.07. The summed E-state index contributed by atoms with van der Waals surface area (Å²) in [4.78, 5) is 29.8. The second-order valence-corrected chi connectivity index (χ2v) is 5.24. The number of amides is 2. The number of hydrogen-bond acceptors (Lipinski definition) is 3. The van der Waals surface area contributed by atoms with Gasteiger partial charge in [-0.3, -0.25) is 14.5 Å². The van der Waals surface area contributed by atoms with Gasteiger partial charge in [0.15, 0.2) is 0 Å². The van der Waals surface area contributed by atoms with E-state index in [1.54, 1.807) is 30.6 Å². The van der Waals surface area contributed by atoms with Crippen molar-refractivity contribution in [3.63, 3.8) is 0 Å². The Morgan fingerprint density at radius 3 is 2.19 bits per heavy atom. The Balaban J connectivity index is 1.56. The molecule has 0 bridgehead atoms. The summed E-state index contributed by atoms with van der Waals surface area (Å²) in [5.41, 5.74) is 2.16. The Bertz CT molecular complexity index is 655. The average molecular weight is 283 g/mol. The number of hydrogen-bond donors (Lipinski definition) is 0. The van der Waals surface area contributed by atoms with Crippen LogP contribution in [0.1, 0.15) is 39.3 Å². The molecule has 2 heterocycles. The Labute approximate surface area is 123 Å². The van der Waals surface area contributed by atoms with E-state index >= 15 is 0 Å². The molecule has 0 fully saturated rings. The van der Waals surface area contributed by atoms with Crippen LogP contribution >= 0.6 is 0 Å². The zero-order valence-electron chi connectivity index (χ0n) is 12.0. The fraction of sp³-hybridized carbons (Fsp3) is 0.312. The number of imide groups is 1. The minimum Gasteiger partial charge on any atom is -0.335 e. The zero-order chi connectivity index (χ0) is 14.8. The van der Waals surface area contributed by atoms with Crippen LogP contribution in [0.15, 0.2) is 36.8 Å². The molecule has 0 atom stereocenters. The van der Waals surface area contributed by atoms with Gasteiger partial charge < -0.3 is 4.57 Å². The number of fused-ring (bicyclic) bond motifs is 1. The molecule has 0 aliphatic carbocycles. The van der Waals surface area contributed by atoms with Crippen LogP contribution in [-0.4, -0.2) is 32.8 Å². The summed E-state index contributed by atoms with van der Waals surface area (Å²) in [6, 6.07) is 7.00. The largest absolute Gasteiger partial charge is 0.335 e. The Morgan fingerprint density at radius 2 is 1.62 bits per heavy atom. The molecular weight excluding hydrogens is 266 g/mol. The lowest BCUT2D eigenvalue weighted by atomic mass is 10.1. The third kappa shape index (κ3) is 2.46. The lowest BCUT2D eigenvalue weighted by Crippen LogP contribution is -2.30. The second kappa shape index (κ2) is 5.52. The van der Waals surface area contributed by atoms with Gasteiger partial charge in [-0.1, -0.05) is 12.1 Å². The van der Waals surface area contributed by atoms with E-state index in [2.05, 4.69) is 9.55 Å². The number of benzene rings is 1. The fourth-order valence-corrected chi connectivity index (χ4v) is 2.62. The highest BCUT2D eigenvalue weighted by Crippen LogP contribution is 2.22. The van der Waals surface area contributed by atoms with E-state index in [1.807, 2.05) is 13.1 Å². The average Bonchev–Trinajstić information content (AvgIpc) is 3.00. The van der Waals surface area contributed by atoms with Crippen LogP contribution in [-0.2, 0) is 6.54 Å². The van der Waals surface area contributed by atoms with Gasteiger partial charge in [0.1, 0.15) is 0 Å². The number of nitrogens with zero attached hydrogens (tertiary/aromatic N) is 3. The fourth-order valence-electron chi connectivity index (χ4n) is 2.62. The molecule has 2 aromatic rings. The zero-order valence-corrected chi connectivity index (χ0v) is 12.0. The molecule has 1 aromatic heterocycles. The van der Waals surface area contributed by atoms with Gasteiger partial charge in [-0.2, -0.15) is 0 Å². The standard InChI is InChI=1S/C16H17N3O2/c1-12-10-17-11-18(12)8-4-5-9-19-15(20)13-6-2-3-7-14(13)16(19)21/h2-3,6-7,10-11H,4-5,8-9H2,1H3. The molecule has 108 valence electrons. The van der Waals surface area contributed by atoms with Gasteiger partial charge in [-0.15, -0.1) is 0 Å². The molecule has 5 nitrogen and oxygen atoms in total. The predicted molar refractivity (Wildman–Crippen MR) is 78.0 cm³/mol. The molecule has 0 N–H and O–H groups in total. The molecule has 0 radical (unpaired) electrons. The highest BCUT2D eigenvalue weighted by atomic mass is 16.2. The van der Waals surface area contributed by atoms with Gasteiger partial charge in [-0.05, 0) is 31.9 Å². The molecule has 5 heteroatoms. The third-order valence-corrected chi connectivity index (χ3v) is 3.83. The monoisotopic (exact) mass is 283 g/mol. The summed E-state index contributed by atoms with van der Waals surface area (Å²) in [6.07, 6.45) is 5.33. The third-order valence-electron chi connectivity index (χ3n) is 3.83. The summed E-state index contributed by atoms with van der Waals surface area (Å²) in [5, 5.41) is 0. The molecule has 1 aliphatic rings. The number of carbonyl (C=O) groups excluding carboxylic acids is 2. The van der Waals surface area contributed by atoms with Crippen LogP contribution in [0.5, 0.6) is 0 Å². The van der Waals surface area contributed by atoms with E-state index in [-0.39, 0.29) is 11.8 Å². The summed E-state index contributed by atoms with van der Waals surface area (Å²) >= 11 is 0. The van der Waals surface area contributed by atoms with Crippen molar-refractivity contribution in [3.05, 3.63) is 53.6 Å². The topological polar surface area (TPSA) is 55.2 Å². The molecule has 0 spiro atoms. The van der Waals surface area contributed by atoms with Crippen molar-refractivity contribution in [2.24, 2.45) is 0 Å². The summed E-state index contributed by atoms with van der Waals surface area (Å²) in [6.45, 7) is 3.34. The van der Waals surface area contributed by atoms with Gasteiger partial charge in [0.2, 0.25) is 0 Å². The molecule has 2 amide bonds. The number of carbonyl (C=O) groups is 2. The van der Waals surface area contributed by atoms with E-state index < -0.39 is 0 Å². The van der Waals surface area contributed by atoms with E-state index in [0.29, 0.717) is 17.7 Å². The minimum absolute atomic E-state index is 0.172. The van der Waals surface area contributed by atoms with Crippen molar-refractivity contribution < 1.29 is 9.59 Å². The Kier molecular flexibility index (Phi) is 3.56.